The number of nitrogens with two attached hydrogens (primary N) is 1. The lowest BCUT2D eigenvalue weighted by Crippen LogP contribution is -2.31. The van der Waals surface area contributed by atoms with Crippen LogP contribution in [-0.2, 0) is 19.6 Å². The number of benzene rings is 5. The van der Waals surface area contributed by atoms with Crippen LogP contribution in [-0.4, -0.2) is 12.2 Å². The van der Waals surface area contributed by atoms with Crippen LogP contribution in [0.4, 0.5) is 5.69 Å². The molecule has 210 valence electrons. The van der Waals surface area contributed by atoms with E-state index in [1.54, 1.807) is 7.11 Å². The van der Waals surface area contributed by atoms with E-state index in [1.807, 2.05) is 48.5 Å². The van der Waals surface area contributed by atoms with Crippen LogP contribution < -0.4 is 20.5 Å². The zero-order valence-corrected chi connectivity index (χ0v) is 23.6. The molecule has 0 amide bonds. The zero-order valence-electron chi connectivity index (χ0n) is 23.6. The third kappa shape index (κ3) is 4.56. The second-order valence-corrected chi connectivity index (χ2v) is 11.2. The minimum absolute atomic E-state index is 0.0368. The summed E-state index contributed by atoms with van der Waals surface area (Å²) in [6.45, 7) is 0.961. The molecule has 5 nitrogen and oxygen atoms in total. The van der Waals surface area contributed by atoms with E-state index in [0.29, 0.717) is 18.9 Å². The maximum atomic E-state index is 11.0. The molecule has 42 heavy (non-hydrogen) atoms. The molecule has 0 saturated carbocycles. The largest absolute Gasteiger partial charge is 0.504 e. The molecule has 0 radical (unpaired) electrons. The Morgan fingerprint density at radius 2 is 1.55 bits per heavy atom. The van der Waals surface area contributed by atoms with Gasteiger partial charge in [0.05, 0.1) is 13.2 Å². The van der Waals surface area contributed by atoms with E-state index < -0.39 is 0 Å². The molecule has 1 aliphatic heterocycles. The van der Waals surface area contributed by atoms with Gasteiger partial charge in [-0.3, -0.25) is 0 Å². The van der Waals surface area contributed by atoms with Crippen molar-refractivity contribution in [1.82, 2.24) is 0 Å². The standard InChI is InChI=1S/C37H34N2O3/c1-41-35-20-29(28(19-33(35)40)27-13-7-8-14-34(27)42-22-23-9-3-2-4-10-23)37-31-18-25-11-5-6-12-26(25)36(31)30-17-24(21-38)15-16-32(30)39-37/h2-17,19-20,31,36-37,39-40H,18,21-22,38H2,1H3. The highest BCUT2D eigenvalue weighted by Gasteiger charge is 2.44. The molecular formula is C37H34N2O3. The molecule has 0 fully saturated rings. The fraction of sp³-hybridized carbons (Fsp3) is 0.189. The average Bonchev–Trinajstić information content (AvgIpc) is 3.44. The molecule has 3 atom stereocenters. The average molecular weight is 555 g/mol. The summed E-state index contributed by atoms with van der Waals surface area (Å²) < 4.78 is 12.0. The van der Waals surface area contributed by atoms with Gasteiger partial charge in [0.2, 0.25) is 0 Å². The summed E-state index contributed by atoms with van der Waals surface area (Å²) in [4.78, 5) is 0. The molecule has 7 rings (SSSR count). The number of hydrogen-bond donors (Lipinski definition) is 3. The van der Waals surface area contributed by atoms with Crippen LogP contribution in [0.2, 0.25) is 0 Å². The van der Waals surface area contributed by atoms with E-state index >= 15 is 0 Å². The third-order valence-electron chi connectivity index (χ3n) is 8.80. The van der Waals surface area contributed by atoms with Gasteiger partial charge >= 0.3 is 0 Å². The Labute approximate surface area is 246 Å². The second-order valence-electron chi connectivity index (χ2n) is 11.2. The van der Waals surface area contributed by atoms with Crippen LogP contribution in [0.15, 0.2) is 109 Å². The monoisotopic (exact) mass is 554 g/mol. The van der Waals surface area contributed by atoms with Gasteiger partial charge < -0.3 is 25.6 Å². The number of ether oxygens (including phenoxy) is 2. The van der Waals surface area contributed by atoms with Gasteiger partial charge in [0.15, 0.2) is 11.5 Å². The Morgan fingerprint density at radius 1 is 0.762 bits per heavy atom. The van der Waals surface area contributed by atoms with Crippen molar-refractivity contribution < 1.29 is 14.6 Å². The number of hydrogen-bond acceptors (Lipinski definition) is 5. The Kier molecular flexibility index (Phi) is 6.80. The normalized spacial score (nSPS) is 18.4. The summed E-state index contributed by atoms with van der Waals surface area (Å²) in [5, 5.41) is 14.9. The van der Waals surface area contributed by atoms with Crippen LogP contribution in [0.5, 0.6) is 17.2 Å². The Bertz CT molecular complexity index is 1750. The second kappa shape index (κ2) is 10.9. The molecule has 0 spiro atoms. The predicted molar refractivity (Wildman–Crippen MR) is 167 cm³/mol. The predicted octanol–water partition coefficient (Wildman–Crippen LogP) is 7.58. The van der Waals surface area contributed by atoms with Crippen molar-refractivity contribution in [2.24, 2.45) is 11.7 Å². The van der Waals surface area contributed by atoms with E-state index in [9.17, 15) is 5.11 Å². The van der Waals surface area contributed by atoms with Gasteiger partial charge in [0.25, 0.3) is 0 Å². The molecule has 5 aromatic carbocycles. The van der Waals surface area contributed by atoms with E-state index in [4.69, 9.17) is 15.2 Å². The molecule has 5 aromatic rings. The summed E-state index contributed by atoms with van der Waals surface area (Å²) in [5.74, 6) is 1.81. The van der Waals surface area contributed by atoms with Crippen molar-refractivity contribution >= 4 is 5.69 Å². The third-order valence-corrected chi connectivity index (χ3v) is 8.80. The van der Waals surface area contributed by atoms with E-state index in [0.717, 1.165) is 45.7 Å². The summed E-state index contributed by atoms with van der Waals surface area (Å²) in [6, 6.07) is 37.3. The first-order chi connectivity index (χ1) is 20.6. The highest BCUT2D eigenvalue weighted by atomic mass is 16.5. The molecule has 4 N–H and O–H groups in total. The Morgan fingerprint density at radius 3 is 2.38 bits per heavy atom. The molecule has 3 unspecified atom stereocenters. The van der Waals surface area contributed by atoms with Crippen LogP contribution in [0, 0.1) is 5.92 Å². The Hall–Kier alpha value is -4.74. The fourth-order valence-corrected chi connectivity index (χ4v) is 6.83. The maximum Gasteiger partial charge on any atom is 0.160 e. The Balaban J connectivity index is 1.37. The van der Waals surface area contributed by atoms with Crippen molar-refractivity contribution in [2.45, 2.75) is 31.5 Å². The molecular weight excluding hydrogens is 520 g/mol. The molecule has 0 saturated heterocycles. The van der Waals surface area contributed by atoms with Gasteiger partial charge in [-0.1, -0.05) is 84.9 Å². The number of phenols is 1. The lowest BCUT2D eigenvalue weighted by Gasteiger charge is -2.39. The SMILES string of the molecule is COc1cc(C2Nc3ccc(CN)cc3C3c4ccccc4CC23)c(-c2ccccc2OCc2ccccc2)cc1O. The van der Waals surface area contributed by atoms with Gasteiger partial charge in [-0.25, -0.2) is 0 Å². The summed E-state index contributed by atoms with van der Waals surface area (Å²) in [5.41, 5.74) is 16.4. The number of methoxy groups -OCH3 is 1. The number of rotatable bonds is 7. The lowest BCUT2D eigenvalue weighted by molar-refractivity contribution is 0.307. The van der Waals surface area contributed by atoms with Crippen molar-refractivity contribution in [2.75, 3.05) is 12.4 Å². The van der Waals surface area contributed by atoms with E-state index in [-0.39, 0.29) is 23.6 Å². The van der Waals surface area contributed by atoms with Crippen molar-refractivity contribution in [3.05, 3.63) is 143 Å². The maximum absolute atomic E-state index is 11.0. The smallest absolute Gasteiger partial charge is 0.160 e. The van der Waals surface area contributed by atoms with Gasteiger partial charge in [0.1, 0.15) is 12.4 Å². The summed E-state index contributed by atoms with van der Waals surface area (Å²) in [6.07, 6.45) is 0.944. The van der Waals surface area contributed by atoms with Gasteiger partial charge in [-0.05, 0) is 75.5 Å². The topological polar surface area (TPSA) is 76.7 Å². The van der Waals surface area contributed by atoms with Crippen LogP contribution in [0.1, 0.15) is 45.3 Å². The molecule has 0 bridgehead atoms. The quantitative estimate of drug-likeness (QED) is 0.193. The molecule has 5 heteroatoms. The molecule has 1 heterocycles. The van der Waals surface area contributed by atoms with Crippen LogP contribution in [0.3, 0.4) is 0 Å². The van der Waals surface area contributed by atoms with Crippen LogP contribution in [0.25, 0.3) is 11.1 Å². The highest BCUT2D eigenvalue weighted by molar-refractivity contribution is 5.78. The number of nitrogens with one attached hydrogen (secondary N) is 1. The van der Waals surface area contributed by atoms with Crippen molar-refractivity contribution in [3.8, 4) is 28.4 Å². The van der Waals surface area contributed by atoms with Gasteiger partial charge in [-0.2, -0.15) is 0 Å². The molecule has 1 aliphatic carbocycles. The number of para-hydroxylation sites is 1. The first-order valence-corrected chi connectivity index (χ1v) is 14.5. The van der Waals surface area contributed by atoms with Gasteiger partial charge in [-0.15, -0.1) is 0 Å². The van der Waals surface area contributed by atoms with E-state index in [2.05, 4.69) is 66.0 Å². The van der Waals surface area contributed by atoms with Gasteiger partial charge in [0, 0.05) is 23.7 Å². The van der Waals surface area contributed by atoms with Crippen molar-refractivity contribution in [3.63, 3.8) is 0 Å². The zero-order chi connectivity index (χ0) is 28.6. The number of fused-ring (bicyclic) bond motifs is 5. The number of anilines is 1. The van der Waals surface area contributed by atoms with E-state index in [1.165, 1.54) is 16.7 Å². The minimum Gasteiger partial charge on any atom is -0.504 e. The lowest BCUT2D eigenvalue weighted by atomic mass is 9.74. The molecule has 2 aliphatic rings. The first-order valence-electron chi connectivity index (χ1n) is 14.5. The highest BCUT2D eigenvalue weighted by Crippen LogP contribution is 2.56. The number of phenolic OH excluding ortho intramolecular Hbond substituents is 1. The molecule has 0 aromatic heterocycles. The summed E-state index contributed by atoms with van der Waals surface area (Å²) >= 11 is 0. The fourth-order valence-electron chi connectivity index (χ4n) is 6.83. The van der Waals surface area contributed by atoms with Crippen molar-refractivity contribution in [1.29, 1.82) is 0 Å². The summed E-state index contributed by atoms with van der Waals surface area (Å²) in [7, 11) is 1.60. The first kappa shape index (κ1) is 26.2. The van der Waals surface area contributed by atoms with Crippen LogP contribution >= 0.6 is 0 Å². The minimum atomic E-state index is -0.0368. The number of aromatic hydroxyl groups is 1.